The van der Waals surface area contributed by atoms with Crippen molar-refractivity contribution in [1.29, 1.82) is 0 Å². The van der Waals surface area contributed by atoms with E-state index in [9.17, 15) is 10.1 Å². The van der Waals surface area contributed by atoms with E-state index in [-0.39, 0.29) is 10.4 Å². The number of aromatic nitrogens is 1. The zero-order valence-electron chi connectivity index (χ0n) is 12.4. The fraction of sp³-hybridized carbons (Fsp3) is 0.615. The second-order valence-corrected chi connectivity index (χ2v) is 5.79. The Morgan fingerprint density at radius 3 is 2.50 bits per heavy atom. The van der Waals surface area contributed by atoms with Crippen molar-refractivity contribution >= 4 is 29.1 Å². The minimum atomic E-state index is -0.409. The average molecular weight is 298 g/mol. The smallest absolute Gasteiger partial charge is 0.311 e. The van der Waals surface area contributed by atoms with Crippen LogP contribution in [0, 0.1) is 10.1 Å². The fourth-order valence-corrected chi connectivity index (χ4v) is 2.77. The Hall–Kier alpha value is -1.50. The van der Waals surface area contributed by atoms with Gasteiger partial charge in [0.05, 0.1) is 4.92 Å². The predicted molar refractivity (Wildman–Crippen MR) is 85.8 cm³/mol. The van der Waals surface area contributed by atoms with E-state index in [2.05, 4.69) is 35.7 Å². The average Bonchev–Trinajstić information content (AvgIpc) is 2.48. The molecular formula is C13H22N4O2S. The summed E-state index contributed by atoms with van der Waals surface area (Å²) in [5.41, 5.74) is 0.00575. The maximum Gasteiger partial charge on any atom is 0.311 e. The van der Waals surface area contributed by atoms with Crippen molar-refractivity contribution in [3.8, 4) is 0 Å². The summed E-state index contributed by atoms with van der Waals surface area (Å²) in [4.78, 5) is 14.9. The van der Waals surface area contributed by atoms with Crippen LogP contribution in [0.15, 0.2) is 12.1 Å². The van der Waals surface area contributed by atoms with E-state index >= 15 is 0 Å². The molecular weight excluding hydrogens is 276 g/mol. The number of hydrogen-bond acceptors (Lipinski definition) is 6. The van der Waals surface area contributed by atoms with Gasteiger partial charge in [-0.1, -0.05) is 13.8 Å². The molecule has 0 saturated carbocycles. The second-order valence-electron chi connectivity index (χ2n) is 4.52. The Balaban J connectivity index is 2.98. The molecule has 1 heterocycles. The van der Waals surface area contributed by atoms with Crippen LogP contribution in [0.2, 0.25) is 0 Å². The highest BCUT2D eigenvalue weighted by atomic mass is 32.2. The van der Waals surface area contributed by atoms with E-state index < -0.39 is 4.92 Å². The first-order valence-corrected chi connectivity index (χ1v) is 7.86. The number of nitrogens with zero attached hydrogens (tertiary/aromatic N) is 2. The van der Waals surface area contributed by atoms with Crippen LogP contribution in [-0.4, -0.2) is 34.5 Å². The molecule has 0 saturated heterocycles. The first-order chi connectivity index (χ1) is 9.51. The van der Waals surface area contributed by atoms with E-state index in [1.54, 1.807) is 24.9 Å². The van der Waals surface area contributed by atoms with Crippen molar-refractivity contribution in [1.82, 2.24) is 4.98 Å². The summed E-state index contributed by atoms with van der Waals surface area (Å²) in [5, 5.41) is 17.1. The molecule has 20 heavy (non-hydrogen) atoms. The third-order valence-electron chi connectivity index (χ3n) is 3.63. The molecule has 6 nitrogen and oxygen atoms in total. The molecule has 0 unspecified atom stereocenters. The lowest BCUT2D eigenvalue weighted by Crippen LogP contribution is -2.32. The largest absolute Gasteiger partial charge is 0.373 e. The van der Waals surface area contributed by atoms with Crippen molar-refractivity contribution in [3.63, 3.8) is 0 Å². The standard InChI is InChI=1S/C13H22N4O2S/c1-5-13(6-2,20-4)9-15-12-10(17(18)19)7-8-11(14-3)16-12/h7-8H,5-6,9H2,1-4H3,(H2,14,15,16). The highest BCUT2D eigenvalue weighted by molar-refractivity contribution is 8.00. The lowest BCUT2D eigenvalue weighted by molar-refractivity contribution is -0.384. The molecule has 0 amide bonds. The second kappa shape index (κ2) is 7.33. The van der Waals surface area contributed by atoms with Gasteiger partial charge in [0.15, 0.2) is 0 Å². The molecule has 0 radical (unpaired) electrons. The van der Waals surface area contributed by atoms with Crippen LogP contribution >= 0.6 is 11.8 Å². The lowest BCUT2D eigenvalue weighted by atomic mass is 10.0. The maximum atomic E-state index is 11.1. The summed E-state index contributed by atoms with van der Waals surface area (Å²) in [6.07, 6.45) is 4.06. The van der Waals surface area contributed by atoms with Crippen LogP contribution in [0.25, 0.3) is 0 Å². The van der Waals surface area contributed by atoms with E-state index in [4.69, 9.17) is 0 Å². The van der Waals surface area contributed by atoms with Gasteiger partial charge >= 0.3 is 5.69 Å². The monoisotopic (exact) mass is 298 g/mol. The lowest BCUT2D eigenvalue weighted by Gasteiger charge is -2.30. The van der Waals surface area contributed by atoms with Crippen LogP contribution < -0.4 is 10.6 Å². The van der Waals surface area contributed by atoms with Gasteiger partial charge in [-0.2, -0.15) is 11.8 Å². The molecule has 0 aliphatic carbocycles. The molecule has 0 bridgehead atoms. The Bertz CT molecular complexity index is 455. The highest BCUT2D eigenvalue weighted by Gasteiger charge is 2.26. The van der Waals surface area contributed by atoms with Crippen molar-refractivity contribution in [2.75, 3.05) is 30.5 Å². The first kappa shape index (κ1) is 16.6. The number of nitrogens with one attached hydrogen (secondary N) is 2. The SMILES string of the molecule is CCC(CC)(CNc1nc(NC)ccc1[N+](=O)[O-])SC. The van der Waals surface area contributed by atoms with Gasteiger partial charge in [0.2, 0.25) is 5.82 Å². The molecule has 0 aliphatic heterocycles. The zero-order valence-corrected chi connectivity index (χ0v) is 13.2. The fourth-order valence-electron chi connectivity index (χ4n) is 1.97. The normalized spacial score (nSPS) is 11.2. The van der Waals surface area contributed by atoms with Gasteiger partial charge in [-0.15, -0.1) is 0 Å². The summed E-state index contributed by atoms with van der Waals surface area (Å²) < 4.78 is 0.0746. The van der Waals surface area contributed by atoms with Crippen LogP contribution in [0.4, 0.5) is 17.3 Å². The quantitative estimate of drug-likeness (QED) is 0.566. The molecule has 112 valence electrons. The minimum absolute atomic E-state index is 0.00575. The molecule has 1 aromatic heterocycles. The van der Waals surface area contributed by atoms with Gasteiger partial charge in [-0.05, 0) is 25.2 Å². The van der Waals surface area contributed by atoms with Gasteiger partial charge < -0.3 is 10.6 Å². The molecule has 1 aromatic rings. The molecule has 0 aliphatic rings. The first-order valence-electron chi connectivity index (χ1n) is 6.64. The summed E-state index contributed by atoms with van der Waals surface area (Å²) in [6.45, 7) is 4.92. The van der Waals surface area contributed by atoms with Crippen LogP contribution in [0.1, 0.15) is 26.7 Å². The van der Waals surface area contributed by atoms with Crippen molar-refractivity contribution in [2.24, 2.45) is 0 Å². The molecule has 0 aromatic carbocycles. The number of nitro groups is 1. The van der Waals surface area contributed by atoms with E-state index in [1.165, 1.54) is 6.07 Å². The maximum absolute atomic E-state index is 11.1. The van der Waals surface area contributed by atoms with Gasteiger partial charge in [0, 0.05) is 24.4 Å². The number of rotatable bonds is 8. The summed E-state index contributed by atoms with van der Waals surface area (Å²) in [5.74, 6) is 0.933. The van der Waals surface area contributed by atoms with Crippen molar-refractivity contribution in [3.05, 3.63) is 22.2 Å². The van der Waals surface area contributed by atoms with Gasteiger partial charge in [0.25, 0.3) is 0 Å². The van der Waals surface area contributed by atoms with E-state index in [0.29, 0.717) is 18.2 Å². The molecule has 0 fully saturated rings. The molecule has 0 spiro atoms. The summed E-state index contributed by atoms with van der Waals surface area (Å²) in [7, 11) is 1.74. The number of hydrogen-bond donors (Lipinski definition) is 2. The summed E-state index contributed by atoms with van der Waals surface area (Å²) >= 11 is 1.79. The Labute approximate surface area is 123 Å². The molecule has 2 N–H and O–H groups in total. The predicted octanol–water partition coefficient (Wildman–Crippen LogP) is 3.37. The molecule has 7 heteroatoms. The van der Waals surface area contributed by atoms with Gasteiger partial charge in [0.1, 0.15) is 5.82 Å². The van der Waals surface area contributed by atoms with Gasteiger partial charge in [-0.25, -0.2) is 4.98 Å². The number of thioether (sulfide) groups is 1. The Morgan fingerprint density at radius 1 is 1.40 bits per heavy atom. The van der Waals surface area contributed by atoms with E-state index in [1.807, 2.05) is 0 Å². The third-order valence-corrected chi connectivity index (χ3v) is 5.21. The molecule has 1 rings (SSSR count). The van der Waals surface area contributed by atoms with Crippen molar-refractivity contribution < 1.29 is 4.92 Å². The van der Waals surface area contributed by atoms with E-state index in [0.717, 1.165) is 12.8 Å². The zero-order chi connectivity index (χ0) is 15.2. The van der Waals surface area contributed by atoms with Crippen LogP contribution in [0.3, 0.4) is 0 Å². The van der Waals surface area contributed by atoms with Crippen molar-refractivity contribution in [2.45, 2.75) is 31.4 Å². The highest BCUT2D eigenvalue weighted by Crippen LogP contribution is 2.32. The van der Waals surface area contributed by atoms with Gasteiger partial charge in [-0.3, -0.25) is 10.1 Å². The third kappa shape index (κ3) is 3.75. The summed E-state index contributed by atoms with van der Waals surface area (Å²) in [6, 6.07) is 3.07. The minimum Gasteiger partial charge on any atom is -0.373 e. The van der Waals surface area contributed by atoms with Crippen LogP contribution in [-0.2, 0) is 0 Å². The molecule has 0 atom stereocenters. The number of anilines is 2. The topological polar surface area (TPSA) is 80.1 Å². The Morgan fingerprint density at radius 2 is 2.05 bits per heavy atom. The Kier molecular flexibility index (Phi) is 6.06. The van der Waals surface area contributed by atoms with Crippen LogP contribution in [0.5, 0.6) is 0 Å². The number of pyridine rings is 1.